The molecule has 2 fully saturated rings. The van der Waals surface area contributed by atoms with E-state index in [4.69, 9.17) is 5.73 Å². The number of amides is 4. The second kappa shape index (κ2) is 18.0. The van der Waals surface area contributed by atoms with E-state index in [1.807, 2.05) is 0 Å². The molecule has 1 unspecified atom stereocenters. The number of hydrogen-bond acceptors (Lipinski definition) is 8. The molecule has 0 bridgehead atoms. The number of nitrogens with zero attached hydrogens (tertiary/aromatic N) is 2. The molecule has 0 aromatic heterocycles. The smallest absolute Gasteiger partial charge is 0.264 e. The van der Waals surface area contributed by atoms with Crippen LogP contribution < -0.4 is 16.4 Å². The van der Waals surface area contributed by atoms with Crippen molar-refractivity contribution in [2.45, 2.75) is 115 Å². The number of nitrogens with two attached hydrogens (primary N) is 1. The lowest BCUT2D eigenvalue weighted by atomic mass is 10.0. The maximum Gasteiger partial charge on any atom is 0.264 e. The maximum absolute atomic E-state index is 13.2. The fourth-order valence-electron chi connectivity index (χ4n) is 6.35. The molecule has 1 aromatic carbocycles. The van der Waals surface area contributed by atoms with Crippen LogP contribution in [0.3, 0.4) is 0 Å². The van der Waals surface area contributed by atoms with E-state index in [2.05, 4.69) is 10.6 Å². The topological polar surface area (TPSA) is 159 Å². The van der Waals surface area contributed by atoms with Crippen molar-refractivity contribution in [3.63, 3.8) is 0 Å². The largest absolute Gasteiger partial charge is 0.384 e. The average molecular weight is 668 g/mol. The van der Waals surface area contributed by atoms with Gasteiger partial charge in [-0.15, -0.1) is 12.4 Å². The Labute approximate surface area is 273 Å². The van der Waals surface area contributed by atoms with Gasteiger partial charge in [-0.1, -0.05) is 70.3 Å². The van der Waals surface area contributed by atoms with E-state index in [0.717, 1.165) is 62.7 Å². The number of nitrogens with one attached hydrogen (secondary N) is 2. The minimum Gasteiger partial charge on any atom is -0.384 e. The molecule has 4 rings (SSSR count). The summed E-state index contributed by atoms with van der Waals surface area (Å²) < 4.78 is 26.5. The quantitative estimate of drug-likeness (QED) is 0.154. The monoisotopic (exact) mass is 667 g/mol. The molecule has 0 saturated carbocycles. The Bertz CT molecular complexity index is 1280. The molecule has 3 aliphatic rings. The molecule has 0 aliphatic carbocycles. The number of piperidine rings is 2. The number of unbranched alkanes of at least 4 members (excludes halogenated alkanes) is 11. The molecular formula is C32H50ClN5O6S. The van der Waals surface area contributed by atoms with E-state index < -0.39 is 33.8 Å². The summed E-state index contributed by atoms with van der Waals surface area (Å²) in [5.74, 6) is -1.72. The Balaban J connectivity index is 0.00000552. The number of halogens is 1. The van der Waals surface area contributed by atoms with Gasteiger partial charge in [0, 0.05) is 37.8 Å². The number of imide groups is 2. The zero-order valence-corrected chi connectivity index (χ0v) is 27.9. The normalized spacial score (nSPS) is 19.4. The summed E-state index contributed by atoms with van der Waals surface area (Å²) in [5.41, 5.74) is 7.07. The van der Waals surface area contributed by atoms with Gasteiger partial charge in [-0.25, -0.2) is 12.7 Å². The number of benzene rings is 1. The highest BCUT2D eigenvalue weighted by molar-refractivity contribution is 7.89. The lowest BCUT2D eigenvalue weighted by Gasteiger charge is -2.29. The number of sulfonamides is 1. The van der Waals surface area contributed by atoms with Gasteiger partial charge in [-0.2, -0.15) is 0 Å². The molecule has 0 radical (unpaired) electrons. The highest BCUT2D eigenvalue weighted by Gasteiger charge is 2.45. The summed E-state index contributed by atoms with van der Waals surface area (Å²) in [6, 6.07) is 4.30. The maximum atomic E-state index is 13.2. The van der Waals surface area contributed by atoms with Crippen molar-refractivity contribution in [1.82, 2.24) is 14.5 Å². The lowest BCUT2D eigenvalue weighted by Crippen LogP contribution is -2.54. The van der Waals surface area contributed by atoms with Crippen LogP contribution in [0.4, 0.5) is 5.69 Å². The number of anilines is 1. The SMILES string of the molecule is Cl.NC1CCN(S(=O)(=O)CCCCCCCCCCCCCCNc2cccc3c2C(=O)N(C2CCC(=O)NC2=O)C3=O)CC1. The van der Waals surface area contributed by atoms with E-state index in [0.29, 0.717) is 30.9 Å². The van der Waals surface area contributed by atoms with Crippen LogP contribution in [0.5, 0.6) is 0 Å². The molecule has 45 heavy (non-hydrogen) atoms. The molecule has 0 spiro atoms. The van der Waals surface area contributed by atoms with Crippen molar-refractivity contribution in [2.24, 2.45) is 5.73 Å². The molecule has 13 heteroatoms. The Morgan fingerprint density at radius 1 is 0.800 bits per heavy atom. The highest BCUT2D eigenvalue weighted by atomic mass is 35.5. The molecule has 4 N–H and O–H groups in total. The second-order valence-corrected chi connectivity index (χ2v) is 14.5. The zero-order chi connectivity index (χ0) is 31.5. The van der Waals surface area contributed by atoms with Crippen molar-refractivity contribution in [2.75, 3.05) is 30.7 Å². The van der Waals surface area contributed by atoms with Gasteiger partial charge in [0.2, 0.25) is 21.8 Å². The van der Waals surface area contributed by atoms with Crippen LogP contribution in [0.1, 0.15) is 123 Å². The molecule has 4 amide bonds. The first kappa shape index (κ1) is 36.9. The number of hydrogen-bond donors (Lipinski definition) is 3. The summed E-state index contributed by atoms with van der Waals surface area (Å²) >= 11 is 0. The Morgan fingerprint density at radius 2 is 1.38 bits per heavy atom. The first-order valence-corrected chi connectivity index (χ1v) is 18.1. The van der Waals surface area contributed by atoms with Gasteiger partial charge in [0.15, 0.2) is 0 Å². The van der Waals surface area contributed by atoms with Crippen LogP contribution in [0, 0.1) is 0 Å². The number of carbonyl (C=O) groups excluding carboxylic acids is 4. The first-order valence-electron chi connectivity index (χ1n) is 16.5. The number of carbonyl (C=O) groups is 4. The molecule has 11 nitrogen and oxygen atoms in total. The van der Waals surface area contributed by atoms with Crippen LogP contribution in [0.2, 0.25) is 0 Å². The summed E-state index contributed by atoms with van der Waals surface area (Å²) in [6.07, 6.45) is 14.9. The van der Waals surface area contributed by atoms with Gasteiger partial charge in [-0.3, -0.25) is 29.4 Å². The Hall–Kier alpha value is -2.54. The van der Waals surface area contributed by atoms with Crippen LogP contribution in [-0.4, -0.2) is 78.7 Å². The van der Waals surface area contributed by atoms with Crippen LogP contribution in [0.15, 0.2) is 18.2 Å². The minimum absolute atomic E-state index is 0. The van der Waals surface area contributed by atoms with E-state index in [1.54, 1.807) is 22.5 Å². The summed E-state index contributed by atoms with van der Waals surface area (Å²) in [7, 11) is -3.13. The van der Waals surface area contributed by atoms with Gasteiger partial charge in [0.05, 0.1) is 16.9 Å². The molecular weight excluding hydrogens is 618 g/mol. The molecule has 3 heterocycles. The molecule has 3 aliphatic heterocycles. The fraction of sp³-hybridized carbons (Fsp3) is 0.688. The number of rotatable bonds is 18. The molecule has 1 aromatic rings. The number of fused-ring (bicyclic) bond motifs is 1. The van der Waals surface area contributed by atoms with E-state index in [9.17, 15) is 27.6 Å². The molecule has 2 saturated heterocycles. The summed E-state index contributed by atoms with van der Waals surface area (Å²) in [4.78, 5) is 50.9. The summed E-state index contributed by atoms with van der Waals surface area (Å²) in [6.45, 7) is 1.81. The Morgan fingerprint density at radius 3 is 1.98 bits per heavy atom. The predicted octanol–water partition coefficient (Wildman–Crippen LogP) is 4.36. The van der Waals surface area contributed by atoms with E-state index in [-0.39, 0.29) is 48.5 Å². The minimum atomic E-state index is -3.13. The van der Waals surface area contributed by atoms with E-state index in [1.165, 1.54) is 32.1 Å². The van der Waals surface area contributed by atoms with Crippen LogP contribution >= 0.6 is 12.4 Å². The lowest BCUT2D eigenvalue weighted by molar-refractivity contribution is -0.136. The van der Waals surface area contributed by atoms with Gasteiger partial charge in [0.1, 0.15) is 6.04 Å². The Kier molecular flexibility index (Phi) is 14.7. The first-order chi connectivity index (χ1) is 21.2. The standard InChI is InChI=1S/C32H49N5O6S.ClH/c33-24-18-21-36(22-19-24)44(42,43)23-12-10-8-6-4-2-1-3-5-7-9-11-20-34-26-15-13-14-25-29(26)32(41)37(31(25)40)27-16-17-28(38)35-30(27)39;/h13-15,24,27,34H,1-12,16-23,33H2,(H,35,38,39);1H. The van der Waals surface area contributed by atoms with Crippen molar-refractivity contribution in [1.29, 1.82) is 0 Å². The van der Waals surface area contributed by atoms with Crippen molar-refractivity contribution < 1.29 is 27.6 Å². The third kappa shape index (κ3) is 10.2. The van der Waals surface area contributed by atoms with Gasteiger partial charge < -0.3 is 11.1 Å². The van der Waals surface area contributed by atoms with Gasteiger partial charge in [0.25, 0.3) is 11.8 Å². The van der Waals surface area contributed by atoms with Crippen molar-refractivity contribution in [3.8, 4) is 0 Å². The average Bonchev–Trinajstić information content (AvgIpc) is 3.25. The third-order valence-electron chi connectivity index (χ3n) is 9.00. The van der Waals surface area contributed by atoms with Crippen molar-refractivity contribution in [3.05, 3.63) is 29.3 Å². The fourth-order valence-corrected chi connectivity index (χ4v) is 7.94. The van der Waals surface area contributed by atoms with Crippen LogP contribution in [-0.2, 0) is 19.6 Å². The van der Waals surface area contributed by atoms with E-state index >= 15 is 0 Å². The van der Waals surface area contributed by atoms with Gasteiger partial charge >= 0.3 is 0 Å². The predicted molar refractivity (Wildman–Crippen MR) is 177 cm³/mol. The van der Waals surface area contributed by atoms with Crippen LogP contribution in [0.25, 0.3) is 0 Å². The summed E-state index contributed by atoms with van der Waals surface area (Å²) in [5, 5.41) is 5.53. The molecule has 252 valence electrons. The zero-order valence-electron chi connectivity index (χ0n) is 26.3. The van der Waals surface area contributed by atoms with Crippen molar-refractivity contribution >= 4 is 51.7 Å². The second-order valence-electron chi connectivity index (χ2n) is 12.4. The molecule has 1 atom stereocenters. The van der Waals surface area contributed by atoms with Gasteiger partial charge in [-0.05, 0) is 44.2 Å². The highest BCUT2D eigenvalue weighted by Crippen LogP contribution is 2.32. The third-order valence-corrected chi connectivity index (χ3v) is 11.0.